The summed E-state index contributed by atoms with van der Waals surface area (Å²) in [5.41, 5.74) is 1.42. The second-order valence-corrected chi connectivity index (χ2v) is 6.01. The van der Waals surface area contributed by atoms with E-state index in [1.54, 1.807) is 37.3 Å². The lowest BCUT2D eigenvalue weighted by Crippen LogP contribution is -2.48. The number of nitrogens with zero attached hydrogens (tertiary/aromatic N) is 1. The van der Waals surface area contributed by atoms with E-state index in [9.17, 15) is 14.0 Å². The number of likely N-dealkylation sites (N-methyl/N-ethyl adjacent to an activating group) is 1. The van der Waals surface area contributed by atoms with E-state index >= 15 is 0 Å². The maximum Gasteiger partial charge on any atom is 0.261 e. The van der Waals surface area contributed by atoms with E-state index in [4.69, 9.17) is 4.74 Å². The van der Waals surface area contributed by atoms with Gasteiger partial charge in [0.25, 0.3) is 5.91 Å². The summed E-state index contributed by atoms with van der Waals surface area (Å²) in [5.74, 6) is -0.591. The number of carbonyl (C=O) groups excluding carboxylic acids is 2. The number of ether oxygens (including phenoxy) is 1. The van der Waals surface area contributed by atoms with Gasteiger partial charge in [0.2, 0.25) is 5.91 Å². The third kappa shape index (κ3) is 5.05. The van der Waals surface area contributed by atoms with Crippen molar-refractivity contribution >= 4 is 11.8 Å². The highest BCUT2D eigenvalue weighted by atomic mass is 19.1. The van der Waals surface area contributed by atoms with Gasteiger partial charge in [0.1, 0.15) is 17.6 Å². The van der Waals surface area contributed by atoms with Crippen molar-refractivity contribution in [2.24, 2.45) is 0 Å². The van der Waals surface area contributed by atoms with Gasteiger partial charge in [0, 0.05) is 19.2 Å². The molecule has 0 saturated heterocycles. The molecule has 0 aliphatic rings. The zero-order chi connectivity index (χ0) is 19.1. The van der Waals surface area contributed by atoms with Gasteiger partial charge >= 0.3 is 0 Å². The molecule has 0 aliphatic heterocycles. The van der Waals surface area contributed by atoms with Crippen molar-refractivity contribution in [2.75, 3.05) is 13.7 Å². The van der Waals surface area contributed by atoms with Gasteiger partial charge in [-0.15, -0.1) is 0 Å². The minimum absolute atomic E-state index is 0.0165. The first-order chi connectivity index (χ1) is 12.4. The van der Waals surface area contributed by atoms with E-state index in [2.05, 4.69) is 5.32 Å². The highest BCUT2D eigenvalue weighted by Gasteiger charge is 2.26. The largest absolute Gasteiger partial charge is 0.484 e. The summed E-state index contributed by atoms with van der Waals surface area (Å²) in [6.45, 7) is 3.30. The molecule has 2 amide bonds. The van der Waals surface area contributed by atoms with Gasteiger partial charge in [0.05, 0.1) is 0 Å². The number of carbonyl (C=O) groups is 2. The highest BCUT2D eigenvalue weighted by Crippen LogP contribution is 2.15. The maximum absolute atomic E-state index is 14.0. The Morgan fingerprint density at radius 1 is 1.15 bits per heavy atom. The molecular weight excluding hydrogens is 335 g/mol. The Morgan fingerprint density at radius 2 is 1.81 bits per heavy atom. The van der Waals surface area contributed by atoms with Gasteiger partial charge in [0.15, 0.2) is 6.61 Å². The zero-order valence-corrected chi connectivity index (χ0v) is 15.2. The van der Waals surface area contributed by atoms with Gasteiger partial charge in [-0.3, -0.25) is 9.59 Å². The molecule has 2 aromatic rings. The molecule has 0 bridgehead atoms. The molecule has 0 unspecified atom stereocenters. The summed E-state index contributed by atoms with van der Waals surface area (Å²) in [6, 6.07) is 12.7. The lowest BCUT2D eigenvalue weighted by Gasteiger charge is -2.28. The lowest BCUT2D eigenvalue weighted by atomic mass is 10.1. The van der Waals surface area contributed by atoms with Gasteiger partial charge in [-0.1, -0.05) is 35.9 Å². The first-order valence-corrected chi connectivity index (χ1v) is 8.36. The molecule has 0 heterocycles. The van der Waals surface area contributed by atoms with Crippen LogP contribution in [-0.2, 0) is 16.1 Å². The number of nitrogens with one attached hydrogen (secondary N) is 1. The van der Waals surface area contributed by atoms with Crippen LogP contribution in [0.4, 0.5) is 4.39 Å². The van der Waals surface area contributed by atoms with E-state index < -0.39 is 17.8 Å². The first-order valence-electron chi connectivity index (χ1n) is 8.36. The van der Waals surface area contributed by atoms with Gasteiger partial charge < -0.3 is 15.0 Å². The van der Waals surface area contributed by atoms with Crippen molar-refractivity contribution in [3.63, 3.8) is 0 Å². The van der Waals surface area contributed by atoms with Crippen LogP contribution < -0.4 is 10.1 Å². The molecule has 6 heteroatoms. The van der Waals surface area contributed by atoms with Crippen LogP contribution in [0.2, 0.25) is 0 Å². The van der Waals surface area contributed by atoms with Crippen molar-refractivity contribution in [1.82, 2.24) is 10.2 Å². The quantitative estimate of drug-likeness (QED) is 0.828. The Labute approximate surface area is 152 Å². The van der Waals surface area contributed by atoms with Crippen molar-refractivity contribution < 1.29 is 18.7 Å². The molecule has 1 atom stereocenters. The van der Waals surface area contributed by atoms with E-state index in [0.717, 1.165) is 5.56 Å². The Kier molecular flexibility index (Phi) is 6.72. The Morgan fingerprint density at radius 3 is 2.42 bits per heavy atom. The summed E-state index contributed by atoms with van der Waals surface area (Å²) < 4.78 is 19.5. The second-order valence-electron chi connectivity index (χ2n) is 6.01. The predicted octanol–water partition coefficient (Wildman–Crippen LogP) is 2.68. The normalized spacial score (nSPS) is 11.5. The summed E-state index contributed by atoms with van der Waals surface area (Å²) in [4.78, 5) is 26.0. The molecule has 5 nitrogen and oxygen atoms in total. The Balaban J connectivity index is 2.13. The van der Waals surface area contributed by atoms with Crippen molar-refractivity contribution in [2.45, 2.75) is 26.4 Å². The van der Waals surface area contributed by atoms with Crippen LogP contribution in [0.25, 0.3) is 0 Å². The van der Waals surface area contributed by atoms with E-state index in [1.165, 1.54) is 18.0 Å². The average Bonchev–Trinajstić information content (AvgIpc) is 2.65. The molecule has 0 saturated carbocycles. The molecule has 2 rings (SSSR count). The Hall–Kier alpha value is -2.89. The number of rotatable bonds is 7. The molecule has 138 valence electrons. The molecule has 0 spiro atoms. The molecule has 0 fully saturated rings. The molecule has 0 radical (unpaired) electrons. The van der Waals surface area contributed by atoms with Crippen molar-refractivity contribution in [1.29, 1.82) is 0 Å². The predicted molar refractivity (Wildman–Crippen MR) is 97.2 cm³/mol. The van der Waals surface area contributed by atoms with Gasteiger partial charge in [-0.2, -0.15) is 0 Å². The van der Waals surface area contributed by atoms with E-state index in [0.29, 0.717) is 11.3 Å². The molecule has 1 N–H and O–H groups in total. The fraction of sp³-hybridized carbons (Fsp3) is 0.300. The minimum Gasteiger partial charge on any atom is -0.484 e. The van der Waals surface area contributed by atoms with Crippen LogP contribution in [-0.4, -0.2) is 36.4 Å². The van der Waals surface area contributed by atoms with Crippen LogP contribution in [0.5, 0.6) is 5.75 Å². The standard InChI is InChI=1S/C20H23FN2O3/c1-14-8-10-17(11-9-14)26-13-19(24)23(15(2)20(25)22-3)12-16-6-4-5-7-18(16)21/h4-11,15H,12-13H2,1-3H3,(H,22,25)/t15-/m1/s1. The van der Waals surface area contributed by atoms with Gasteiger partial charge in [-0.25, -0.2) is 4.39 Å². The highest BCUT2D eigenvalue weighted by molar-refractivity contribution is 5.87. The van der Waals surface area contributed by atoms with Crippen LogP contribution in [0, 0.1) is 12.7 Å². The number of aryl methyl sites for hydroxylation is 1. The van der Waals surface area contributed by atoms with Gasteiger partial charge in [-0.05, 0) is 32.0 Å². The smallest absolute Gasteiger partial charge is 0.261 e. The lowest BCUT2D eigenvalue weighted by molar-refractivity contribution is -0.142. The number of hydrogen-bond donors (Lipinski definition) is 1. The third-order valence-electron chi connectivity index (χ3n) is 4.10. The molecule has 0 aromatic heterocycles. The summed E-state index contributed by atoms with van der Waals surface area (Å²) in [6.07, 6.45) is 0. The molecule has 26 heavy (non-hydrogen) atoms. The second kappa shape index (κ2) is 8.99. The average molecular weight is 358 g/mol. The van der Waals surface area contributed by atoms with E-state index in [-0.39, 0.29) is 19.1 Å². The SMILES string of the molecule is CNC(=O)[C@@H](C)N(Cc1ccccc1F)C(=O)COc1ccc(C)cc1. The number of amides is 2. The van der Waals surface area contributed by atoms with Crippen molar-refractivity contribution in [3.05, 3.63) is 65.5 Å². The molecule has 2 aromatic carbocycles. The zero-order valence-electron chi connectivity index (χ0n) is 15.2. The number of benzene rings is 2. The number of hydrogen-bond acceptors (Lipinski definition) is 3. The first kappa shape index (κ1) is 19.4. The fourth-order valence-corrected chi connectivity index (χ4v) is 2.46. The maximum atomic E-state index is 14.0. The fourth-order valence-electron chi connectivity index (χ4n) is 2.46. The number of halogens is 1. The van der Waals surface area contributed by atoms with Crippen LogP contribution in [0.15, 0.2) is 48.5 Å². The molecule has 0 aliphatic carbocycles. The topological polar surface area (TPSA) is 58.6 Å². The summed E-state index contributed by atoms with van der Waals surface area (Å²) >= 11 is 0. The summed E-state index contributed by atoms with van der Waals surface area (Å²) in [5, 5.41) is 2.51. The molecular formula is C20H23FN2O3. The minimum atomic E-state index is -0.756. The summed E-state index contributed by atoms with van der Waals surface area (Å²) in [7, 11) is 1.49. The van der Waals surface area contributed by atoms with Crippen LogP contribution >= 0.6 is 0 Å². The third-order valence-corrected chi connectivity index (χ3v) is 4.10. The van der Waals surface area contributed by atoms with Crippen LogP contribution in [0.1, 0.15) is 18.1 Å². The Bertz CT molecular complexity index is 762. The van der Waals surface area contributed by atoms with Crippen LogP contribution in [0.3, 0.4) is 0 Å². The monoisotopic (exact) mass is 358 g/mol. The van der Waals surface area contributed by atoms with E-state index in [1.807, 2.05) is 19.1 Å². The van der Waals surface area contributed by atoms with Crippen molar-refractivity contribution in [3.8, 4) is 5.75 Å².